The summed E-state index contributed by atoms with van der Waals surface area (Å²) < 4.78 is 0. The second kappa shape index (κ2) is 9.84. The molecule has 0 N–H and O–H groups in total. The molecule has 0 saturated carbocycles. The minimum Gasteiger partial charge on any atom is -0.140 e. The highest BCUT2D eigenvalue weighted by molar-refractivity contribution is 7.75. The Bertz CT molecular complexity index is 1000. The van der Waals surface area contributed by atoms with E-state index in [2.05, 4.69) is 137 Å². The van der Waals surface area contributed by atoms with Crippen molar-refractivity contribution < 1.29 is 0 Å². The molecule has 0 aliphatic carbocycles. The number of hydrogen-bond donors (Lipinski definition) is 0. The molecule has 0 saturated heterocycles. The van der Waals surface area contributed by atoms with Gasteiger partial charge in [-0.25, -0.2) is 0 Å². The highest BCUT2D eigenvalue weighted by Gasteiger charge is 2.43. The fourth-order valence-electron chi connectivity index (χ4n) is 4.27. The van der Waals surface area contributed by atoms with E-state index >= 15 is 0 Å². The molecule has 3 unspecified atom stereocenters. The molecule has 0 aromatic heterocycles. The van der Waals surface area contributed by atoms with E-state index in [1.165, 1.54) is 21.4 Å². The van der Waals surface area contributed by atoms with E-state index in [-0.39, 0.29) is 0 Å². The van der Waals surface area contributed by atoms with Crippen LogP contribution >= 0.6 is 17.2 Å². The van der Waals surface area contributed by atoms with Crippen LogP contribution in [0.5, 0.6) is 0 Å². The highest BCUT2D eigenvalue weighted by Crippen LogP contribution is 2.54. The quantitative estimate of drug-likeness (QED) is 0.251. The maximum absolute atomic E-state index is 3.11. The first-order chi connectivity index (χ1) is 14.7. The van der Waals surface area contributed by atoms with Gasteiger partial charge in [0.05, 0.1) is 8.07 Å². The average Bonchev–Trinajstić information content (AvgIpc) is 2.84. The summed E-state index contributed by atoms with van der Waals surface area (Å²) in [4.78, 5) is 0. The third kappa shape index (κ3) is 4.35. The Hall–Kier alpha value is -2.04. The van der Waals surface area contributed by atoms with Crippen LogP contribution in [0, 0.1) is 0 Å². The summed E-state index contributed by atoms with van der Waals surface area (Å²) in [5.74, 6) is 1.13. The molecule has 4 aromatic carbocycles. The van der Waals surface area contributed by atoms with Crippen LogP contribution in [0.25, 0.3) is 0 Å². The summed E-state index contributed by atoms with van der Waals surface area (Å²) in [6, 6.07) is 44.8. The van der Waals surface area contributed by atoms with Gasteiger partial charge in [-0.15, -0.1) is 9.24 Å². The van der Waals surface area contributed by atoms with Crippen molar-refractivity contribution in [2.24, 2.45) is 0 Å². The Morgan fingerprint density at radius 3 is 1.47 bits per heavy atom. The molecule has 150 valence electrons. The minimum absolute atomic E-state index is 0.485. The predicted octanol–water partition coefficient (Wildman–Crippen LogP) is 5.80. The summed E-state index contributed by atoms with van der Waals surface area (Å²) in [7, 11) is 0.642. The standard InChI is InChI=1S/C27H28P2Si/c1-30(22-28,26-20-12-5-13-21-26)27(23-14-6-2-7-15-23)29(24-16-8-3-9-17-24)25-18-10-4-11-19-25/h2-21,27H,22,28H2,1H3. The smallest absolute Gasteiger partial charge is 0.0999 e. The van der Waals surface area contributed by atoms with Gasteiger partial charge >= 0.3 is 0 Å². The van der Waals surface area contributed by atoms with Crippen LogP contribution in [0.15, 0.2) is 121 Å². The van der Waals surface area contributed by atoms with Gasteiger partial charge in [-0.1, -0.05) is 133 Å². The van der Waals surface area contributed by atoms with Crippen LogP contribution in [0.3, 0.4) is 0 Å². The summed E-state index contributed by atoms with van der Waals surface area (Å²) in [5, 5.41) is 4.94. The SMILES string of the molecule is C[Si](CP)(c1ccccc1)C(c1ccccc1)P(c1ccccc1)c1ccccc1. The van der Waals surface area contributed by atoms with Gasteiger partial charge in [0.25, 0.3) is 0 Å². The van der Waals surface area contributed by atoms with Crippen molar-refractivity contribution in [2.45, 2.75) is 11.8 Å². The molecule has 3 heteroatoms. The fourth-order valence-corrected chi connectivity index (χ4v) is 15.2. The van der Waals surface area contributed by atoms with Crippen LogP contribution in [-0.2, 0) is 0 Å². The molecule has 0 fully saturated rings. The molecule has 0 heterocycles. The van der Waals surface area contributed by atoms with Crippen molar-refractivity contribution in [2.75, 3.05) is 5.79 Å². The Morgan fingerprint density at radius 1 is 0.633 bits per heavy atom. The van der Waals surface area contributed by atoms with Crippen LogP contribution < -0.4 is 15.8 Å². The molecule has 30 heavy (non-hydrogen) atoms. The molecular formula is C27H28P2Si. The third-order valence-electron chi connectivity index (χ3n) is 5.90. The van der Waals surface area contributed by atoms with Crippen molar-refractivity contribution in [3.63, 3.8) is 0 Å². The van der Waals surface area contributed by atoms with Gasteiger partial charge in [-0.2, -0.15) is 0 Å². The molecule has 0 bridgehead atoms. The van der Waals surface area contributed by atoms with E-state index < -0.39 is 16.0 Å². The zero-order chi connectivity index (χ0) is 20.8. The van der Waals surface area contributed by atoms with E-state index in [4.69, 9.17) is 0 Å². The monoisotopic (exact) mass is 442 g/mol. The Labute approximate surface area is 185 Å². The second-order valence-corrected chi connectivity index (χ2v) is 16.2. The van der Waals surface area contributed by atoms with Gasteiger partial charge in [0.2, 0.25) is 0 Å². The zero-order valence-corrected chi connectivity index (χ0v) is 20.4. The van der Waals surface area contributed by atoms with Gasteiger partial charge in [-0.05, 0) is 29.9 Å². The summed E-state index contributed by atoms with van der Waals surface area (Å²) in [6.07, 6.45) is 0. The van der Waals surface area contributed by atoms with Crippen LogP contribution in [0.2, 0.25) is 6.55 Å². The summed E-state index contributed by atoms with van der Waals surface area (Å²) in [5.41, 5.74) is 1.47. The highest BCUT2D eigenvalue weighted by atomic mass is 31.1. The van der Waals surface area contributed by atoms with Crippen molar-refractivity contribution in [1.29, 1.82) is 0 Å². The maximum atomic E-state index is 3.11. The Morgan fingerprint density at radius 2 is 1.03 bits per heavy atom. The molecule has 0 spiro atoms. The van der Waals surface area contributed by atoms with Crippen LogP contribution in [0.4, 0.5) is 0 Å². The van der Waals surface area contributed by atoms with E-state index in [0.29, 0.717) is 5.28 Å². The van der Waals surface area contributed by atoms with Crippen LogP contribution in [0.1, 0.15) is 10.8 Å². The van der Waals surface area contributed by atoms with Crippen LogP contribution in [-0.4, -0.2) is 13.9 Å². The number of benzene rings is 4. The predicted molar refractivity (Wildman–Crippen MR) is 141 cm³/mol. The molecule has 0 aliphatic heterocycles. The first-order valence-electron chi connectivity index (χ1n) is 10.4. The van der Waals surface area contributed by atoms with Crippen molar-refractivity contribution in [1.82, 2.24) is 0 Å². The third-order valence-corrected chi connectivity index (χ3v) is 17.5. The van der Waals surface area contributed by atoms with Gasteiger partial charge in [0.1, 0.15) is 0 Å². The molecule has 0 amide bonds. The van der Waals surface area contributed by atoms with Gasteiger partial charge in [0, 0.05) is 5.28 Å². The lowest BCUT2D eigenvalue weighted by Crippen LogP contribution is -2.53. The van der Waals surface area contributed by atoms with E-state index in [1.807, 2.05) is 0 Å². The van der Waals surface area contributed by atoms with E-state index in [0.717, 1.165) is 5.79 Å². The molecule has 3 atom stereocenters. The van der Waals surface area contributed by atoms with E-state index in [1.54, 1.807) is 0 Å². The van der Waals surface area contributed by atoms with Crippen molar-refractivity contribution in [3.05, 3.63) is 127 Å². The molecule has 0 nitrogen and oxygen atoms in total. The van der Waals surface area contributed by atoms with Gasteiger partial charge in [-0.3, -0.25) is 0 Å². The summed E-state index contributed by atoms with van der Waals surface area (Å²) in [6.45, 7) is 2.58. The lowest BCUT2D eigenvalue weighted by atomic mass is 10.2. The minimum atomic E-state index is -1.91. The molecule has 0 radical (unpaired) electrons. The second-order valence-electron chi connectivity index (χ2n) is 7.84. The van der Waals surface area contributed by atoms with E-state index in [9.17, 15) is 0 Å². The molecule has 0 aliphatic rings. The maximum Gasteiger partial charge on any atom is 0.0999 e. The first-order valence-corrected chi connectivity index (χ1v) is 15.4. The fraction of sp³-hybridized carbons (Fsp3) is 0.111. The normalized spacial score (nSPS) is 14.2. The van der Waals surface area contributed by atoms with Crippen molar-refractivity contribution in [3.8, 4) is 0 Å². The molecular weight excluding hydrogens is 414 g/mol. The lowest BCUT2D eigenvalue weighted by Gasteiger charge is -2.41. The average molecular weight is 443 g/mol. The first kappa shape index (κ1) is 21.2. The molecule has 4 rings (SSSR count). The number of hydrogen-bond acceptors (Lipinski definition) is 0. The van der Waals surface area contributed by atoms with Crippen molar-refractivity contribution >= 4 is 41.0 Å². The van der Waals surface area contributed by atoms with Gasteiger partial charge < -0.3 is 0 Å². The Balaban J connectivity index is 1.98. The number of rotatable bonds is 7. The lowest BCUT2D eigenvalue weighted by molar-refractivity contribution is 1.27. The Kier molecular flexibility index (Phi) is 6.96. The topological polar surface area (TPSA) is 0 Å². The molecule has 4 aromatic rings. The van der Waals surface area contributed by atoms with Gasteiger partial charge in [0.15, 0.2) is 0 Å². The summed E-state index contributed by atoms with van der Waals surface area (Å²) >= 11 is 0. The zero-order valence-electron chi connectivity index (χ0n) is 17.4. The largest absolute Gasteiger partial charge is 0.140 e.